The minimum atomic E-state index is -0.109. The predicted octanol–water partition coefficient (Wildman–Crippen LogP) is 0.508. The van der Waals surface area contributed by atoms with E-state index in [1.165, 1.54) is 9.80 Å². The number of carbonyl (C=O) groups is 2. The van der Waals surface area contributed by atoms with Crippen LogP contribution in [0.2, 0.25) is 5.02 Å². The molecule has 102 valence electrons. The van der Waals surface area contributed by atoms with Gasteiger partial charge in [0.2, 0.25) is 11.8 Å². The summed E-state index contributed by atoms with van der Waals surface area (Å²) in [6.45, 7) is 2.74. The number of halogens is 1. The highest BCUT2D eigenvalue weighted by atomic mass is 35.5. The van der Waals surface area contributed by atoms with Crippen LogP contribution in [-0.4, -0.2) is 46.2 Å². The number of hydrogen-bond donors (Lipinski definition) is 1. The van der Waals surface area contributed by atoms with Crippen LogP contribution in [-0.2, 0) is 16.1 Å². The monoisotopic (exact) mass is 282 g/mol. The molecular formula is C12H15ClN4O2. The van der Waals surface area contributed by atoms with E-state index in [0.717, 1.165) is 0 Å². The molecule has 0 radical (unpaired) electrons. The van der Waals surface area contributed by atoms with E-state index in [4.69, 9.17) is 17.3 Å². The molecule has 1 fully saturated rings. The number of likely N-dealkylation sites (N-methyl/N-ethyl adjacent to an activating group) is 1. The van der Waals surface area contributed by atoms with Crippen LogP contribution in [0.1, 0.15) is 12.6 Å². The molecule has 1 aliphatic rings. The summed E-state index contributed by atoms with van der Waals surface area (Å²) in [7, 11) is 0. The molecule has 1 aliphatic heterocycles. The first-order chi connectivity index (χ1) is 9.01. The Morgan fingerprint density at radius 1 is 1.26 bits per heavy atom. The van der Waals surface area contributed by atoms with Crippen LogP contribution in [0, 0.1) is 0 Å². The first-order valence-electron chi connectivity index (χ1n) is 5.97. The lowest BCUT2D eigenvalue weighted by Crippen LogP contribution is -2.53. The van der Waals surface area contributed by atoms with Gasteiger partial charge in [0.05, 0.1) is 23.8 Å². The lowest BCUT2D eigenvalue weighted by molar-refractivity contribution is -0.150. The first-order valence-corrected chi connectivity index (χ1v) is 6.35. The summed E-state index contributed by atoms with van der Waals surface area (Å²) >= 11 is 6.00. The average molecular weight is 283 g/mol. The van der Waals surface area contributed by atoms with Gasteiger partial charge in [-0.1, -0.05) is 11.6 Å². The van der Waals surface area contributed by atoms with Crippen LogP contribution in [0.5, 0.6) is 0 Å². The Morgan fingerprint density at radius 3 is 2.58 bits per heavy atom. The zero-order valence-electron chi connectivity index (χ0n) is 10.6. The summed E-state index contributed by atoms with van der Waals surface area (Å²) in [5.74, 6) is 0.161. The van der Waals surface area contributed by atoms with Crippen LogP contribution in [0.4, 0.5) is 5.82 Å². The molecule has 0 unspecified atom stereocenters. The van der Waals surface area contributed by atoms with Crippen molar-refractivity contribution in [2.75, 3.05) is 25.4 Å². The summed E-state index contributed by atoms with van der Waals surface area (Å²) in [6.07, 6.45) is 0. The maximum atomic E-state index is 11.9. The number of carbonyl (C=O) groups excluding carboxylic acids is 2. The standard InChI is InChI=1S/C12H15ClN4O2/c1-2-16-6-12(19)17(7-11(16)18)5-9-8(13)3-4-10(14)15-9/h3-4H,2,5-7H2,1H3,(H2,14,15). The third-order valence-corrected chi connectivity index (χ3v) is 3.36. The molecular weight excluding hydrogens is 268 g/mol. The Morgan fingerprint density at radius 2 is 1.89 bits per heavy atom. The van der Waals surface area contributed by atoms with Gasteiger partial charge in [0.15, 0.2) is 0 Å². The van der Waals surface area contributed by atoms with Crippen molar-refractivity contribution >= 4 is 29.2 Å². The lowest BCUT2D eigenvalue weighted by Gasteiger charge is -2.33. The Hall–Kier alpha value is -1.82. The van der Waals surface area contributed by atoms with Gasteiger partial charge in [-0.15, -0.1) is 0 Å². The number of nitrogens with two attached hydrogens (primary N) is 1. The minimum absolute atomic E-state index is 0.0550. The highest BCUT2D eigenvalue weighted by Crippen LogP contribution is 2.18. The third kappa shape index (κ3) is 2.96. The largest absolute Gasteiger partial charge is 0.384 e. The number of anilines is 1. The van der Waals surface area contributed by atoms with Gasteiger partial charge < -0.3 is 15.5 Å². The average Bonchev–Trinajstić information content (AvgIpc) is 2.37. The second kappa shape index (κ2) is 5.44. The normalized spacial score (nSPS) is 16.1. The molecule has 7 heteroatoms. The molecule has 2 amide bonds. The number of nitrogen functional groups attached to an aromatic ring is 1. The molecule has 0 atom stereocenters. The van der Waals surface area contributed by atoms with Crippen LogP contribution >= 0.6 is 11.6 Å². The lowest BCUT2D eigenvalue weighted by atomic mass is 10.2. The molecule has 0 aliphatic carbocycles. The smallest absolute Gasteiger partial charge is 0.243 e. The third-order valence-electron chi connectivity index (χ3n) is 3.02. The zero-order valence-corrected chi connectivity index (χ0v) is 11.4. The molecule has 2 rings (SSSR count). The van der Waals surface area contributed by atoms with Gasteiger partial charge in [-0.25, -0.2) is 4.98 Å². The summed E-state index contributed by atoms with van der Waals surface area (Å²) in [6, 6.07) is 3.22. The topological polar surface area (TPSA) is 79.5 Å². The van der Waals surface area contributed by atoms with Gasteiger partial charge in [-0.2, -0.15) is 0 Å². The van der Waals surface area contributed by atoms with Crippen molar-refractivity contribution in [3.05, 3.63) is 22.8 Å². The van der Waals surface area contributed by atoms with Crippen molar-refractivity contribution < 1.29 is 9.59 Å². The fraction of sp³-hybridized carbons (Fsp3) is 0.417. The number of amides is 2. The minimum Gasteiger partial charge on any atom is -0.384 e. The molecule has 6 nitrogen and oxygen atoms in total. The maximum absolute atomic E-state index is 11.9. The fourth-order valence-corrected chi connectivity index (χ4v) is 2.09. The number of pyridine rings is 1. The summed E-state index contributed by atoms with van der Waals surface area (Å²) in [5.41, 5.74) is 6.10. The molecule has 0 bridgehead atoms. The van der Waals surface area contributed by atoms with E-state index in [0.29, 0.717) is 23.1 Å². The number of hydrogen-bond acceptors (Lipinski definition) is 4. The van der Waals surface area contributed by atoms with Crippen molar-refractivity contribution in [1.29, 1.82) is 0 Å². The highest BCUT2D eigenvalue weighted by Gasteiger charge is 2.29. The molecule has 0 spiro atoms. The zero-order chi connectivity index (χ0) is 14.0. The quantitative estimate of drug-likeness (QED) is 0.876. The molecule has 1 aromatic heterocycles. The molecule has 0 saturated carbocycles. The molecule has 0 aromatic carbocycles. The van der Waals surface area contributed by atoms with E-state index in [2.05, 4.69) is 4.98 Å². The van der Waals surface area contributed by atoms with E-state index in [-0.39, 0.29) is 31.4 Å². The van der Waals surface area contributed by atoms with Crippen LogP contribution in [0.15, 0.2) is 12.1 Å². The van der Waals surface area contributed by atoms with Gasteiger partial charge >= 0.3 is 0 Å². The number of rotatable bonds is 3. The van der Waals surface area contributed by atoms with Gasteiger partial charge in [0.25, 0.3) is 0 Å². The van der Waals surface area contributed by atoms with Crippen molar-refractivity contribution in [2.24, 2.45) is 0 Å². The van der Waals surface area contributed by atoms with E-state index >= 15 is 0 Å². The second-order valence-electron chi connectivity index (χ2n) is 4.32. The molecule has 2 heterocycles. The highest BCUT2D eigenvalue weighted by molar-refractivity contribution is 6.31. The van der Waals surface area contributed by atoms with Crippen LogP contribution in [0.3, 0.4) is 0 Å². The van der Waals surface area contributed by atoms with Gasteiger partial charge in [-0.05, 0) is 19.1 Å². The summed E-state index contributed by atoms with van der Waals surface area (Å²) in [4.78, 5) is 30.8. The van der Waals surface area contributed by atoms with E-state index < -0.39 is 0 Å². The molecule has 19 heavy (non-hydrogen) atoms. The van der Waals surface area contributed by atoms with Crippen molar-refractivity contribution in [1.82, 2.24) is 14.8 Å². The van der Waals surface area contributed by atoms with Crippen molar-refractivity contribution in [3.8, 4) is 0 Å². The van der Waals surface area contributed by atoms with Crippen LogP contribution < -0.4 is 5.73 Å². The van der Waals surface area contributed by atoms with E-state index in [1.807, 2.05) is 6.92 Å². The predicted molar refractivity (Wildman–Crippen MR) is 71.3 cm³/mol. The Bertz CT molecular complexity index is 520. The molecule has 1 saturated heterocycles. The fourth-order valence-electron chi connectivity index (χ4n) is 1.93. The summed E-state index contributed by atoms with van der Waals surface area (Å²) in [5, 5.41) is 0.437. The van der Waals surface area contributed by atoms with Crippen molar-refractivity contribution in [3.63, 3.8) is 0 Å². The van der Waals surface area contributed by atoms with E-state index in [1.54, 1.807) is 12.1 Å². The summed E-state index contributed by atoms with van der Waals surface area (Å²) < 4.78 is 0. The van der Waals surface area contributed by atoms with E-state index in [9.17, 15) is 9.59 Å². The van der Waals surface area contributed by atoms with Gasteiger partial charge in [0.1, 0.15) is 12.4 Å². The Labute approximate surface area is 116 Å². The molecule has 1 aromatic rings. The van der Waals surface area contributed by atoms with Crippen LogP contribution in [0.25, 0.3) is 0 Å². The molecule has 2 N–H and O–H groups in total. The first kappa shape index (κ1) is 13.6. The Balaban J connectivity index is 2.13. The number of nitrogens with zero attached hydrogens (tertiary/aromatic N) is 3. The second-order valence-corrected chi connectivity index (χ2v) is 4.73. The number of piperazine rings is 1. The van der Waals surface area contributed by atoms with Gasteiger partial charge in [-0.3, -0.25) is 9.59 Å². The number of aromatic nitrogens is 1. The SMILES string of the molecule is CCN1CC(=O)N(Cc2nc(N)ccc2Cl)CC1=O. The van der Waals surface area contributed by atoms with Gasteiger partial charge in [0, 0.05) is 6.54 Å². The Kier molecular flexibility index (Phi) is 3.90. The van der Waals surface area contributed by atoms with Crippen molar-refractivity contribution in [2.45, 2.75) is 13.5 Å². The maximum Gasteiger partial charge on any atom is 0.243 e.